The quantitative estimate of drug-likeness (QED) is 0.851. The fraction of sp³-hybridized carbons (Fsp3) is 0.538. The highest BCUT2D eigenvalue weighted by Gasteiger charge is 2.60. The fourth-order valence-electron chi connectivity index (χ4n) is 2.21. The van der Waals surface area contributed by atoms with Gasteiger partial charge in [-0.1, -0.05) is 0 Å². The van der Waals surface area contributed by atoms with Crippen molar-refractivity contribution in [1.29, 1.82) is 0 Å². The number of alkyl halides is 6. The van der Waals surface area contributed by atoms with Crippen molar-refractivity contribution < 1.29 is 36.2 Å². The number of rotatable bonds is 3. The van der Waals surface area contributed by atoms with E-state index >= 15 is 0 Å². The van der Waals surface area contributed by atoms with Crippen LogP contribution in [-0.2, 0) is 0 Å². The minimum absolute atomic E-state index is 0.342. The molecule has 0 aliphatic heterocycles. The molecule has 21 heavy (non-hydrogen) atoms. The van der Waals surface area contributed by atoms with Crippen molar-refractivity contribution in [3.8, 4) is 5.75 Å². The summed E-state index contributed by atoms with van der Waals surface area (Å²) in [6.45, 7) is 2.94. The second-order valence-electron chi connectivity index (χ2n) is 4.69. The van der Waals surface area contributed by atoms with Gasteiger partial charge in [0.1, 0.15) is 5.75 Å². The molecule has 0 bridgehead atoms. The van der Waals surface area contributed by atoms with Crippen LogP contribution in [0.3, 0.4) is 0 Å². The molecule has 120 valence electrons. The van der Waals surface area contributed by atoms with Crippen molar-refractivity contribution in [1.82, 2.24) is 0 Å². The summed E-state index contributed by atoms with van der Waals surface area (Å²) >= 11 is 0. The maximum absolute atomic E-state index is 12.6. The second-order valence-corrected chi connectivity index (χ2v) is 4.69. The molecule has 0 aliphatic rings. The van der Waals surface area contributed by atoms with Crippen LogP contribution >= 0.6 is 0 Å². The predicted octanol–water partition coefficient (Wildman–Crippen LogP) is 4.09. The van der Waals surface area contributed by atoms with Crippen LogP contribution in [0.15, 0.2) is 12.1 Å². The molecular weight excluding hydrogens is 302 g/mol. The van der Waals surface area contributed by atoms with Crippen LogP contribution in [-0.4, -0.2) is 24.6 Å². The smallest absolute Gasteiger partial charge is 0.403 e. The standard InChI is InChI=1S/C13H14F6O2/c1-6-4-8(5-7(2)10(6)21-3)9(20)11(12(14,15)16)13(17,18)19/h4-5,9,11,20H,1-3H3. The zero-order valence-electron chi connectivity index (χ0n) is 11.4. The summed E-state index contributed by atoms with van der Waals surface area (Å²) < 4.78 is 80.5. The van der Waals surface area contributed by atoms with E-state index in [9.17, 15) is 31.4 Å². The van der Waals surface area contributed by atoms with E-state index in [1.807, 2.05) is 0 Å². The maximum Gasteiger partial charge on any atom is 0.403 e. The predicted molar refractivity (Wildman–Crippen MR) is 63.0 cm³/mol. The van der Waals surface area contributed by atoms with E-state index in [0.717, 1.165) is 12.1 Å². The van der Waals surface area contributed by atoms with Gasteiger partial charge in [-0.25, -0.2) is 0 Å². The molecule has 0 amide bonds. The molecule has 1 atom stereocenters. The molecule has 2 nitrogen and oxygen atoms in total. The van der Waals surface area contributed by atoms with Crippen molar-refractivity contribution in [2.75, 3.05) is 7.11 Å². The Morgan fingerprint density at radius 3 is 1.62 bits per heavy atom. The minimum Gasteiger partial charge on any atom is -0.496 e. The van der Waals surface area contributed by atoms with Gasteiger partial charge in [0.2, 0.25) is 0 Å². The van der Waals surface area contributed by atoms with E-state index in [-0.39, 0.29) is 0 Å². The van der Waals surface area contributed by atoms with Crippen LogP contribution in [0.25, 0.3) is 0 Å². The second kappa shape index (κ2) is 5.75. The van der Waals surface area contributed by atoms with E-state index in [0.29, 0.717) is 16.9 Å². The third-order valence-electron chi connectivity index (χ3n) is 3.05. The average Bonchev–Trinajstić information content (AvgIpc) is 2.24. The Labute approximate surface area is 117 Å². The Morgan fingerprint density at radius 2 is 1.33 bits per heavy atom. The number of halogens is 6. The third-order valence-corrected chi connectivity index (χ3v) is 3.05. The summed E-state index contributed by atoms with van der Waals surface area (Å²) in [7, 11) is 1.33. The van der Waals surface area contributed by atoms with Gasteiger partial charge < -0.3 is 9.84 Å². The first kappa shape index (κ1) is 17.6. The van der Waals surface area contributed by atoms with Crippen LogP contribution in [0, 0.1) is 19.8 Å². The number of aliphatic hydroxyl groups is 1. The molecule has 0 saturated heterocycles. The number of hydrogen-bond donors (Lipinski definition) is 1. The first-order valence-electron chi connectivity index (χ1n) is 5.86. The van der Waals surface area contributed by atoms with Crippen molar-refractivity contribution >= 4 is 0 Å². The van der Waals surface area contributed by atoms with Crippen LogP contribution in [0.5, 0.6) is 5.75 Å². The van der Waals surface area contributed by atoms with Crippen molar-refractivity contribution in [3.05, 3.63) is 28.8 Å². The van der Waals surface area contributed by atoms with Crippen molar-refractivity contribution in [2.24, 2.45) is 5.92 Å². The van der Waals surface area contributed by atoms with Gasteiger partial charge in [0.05, 0.1) is 13.2 Å². The van der Waals surface area contributed by atoms with Gasteiger partial charge in [-0.3, -0.25) is 0 Å². The maximum atomic E-state index is 12.6. The zero-order chi connectivity index (χ0) is 16.6. The lowest BCUT2D eigenvalue weighted by atomic mass is 9.92. The third kappa shape index (κ3) is 3.81. The van der Waals surface area contributed by atoms with Gasteiger partial charge >= 0.3 is 12.4 Å². The highest BCUT2D eigenvalue weighted by Crippen LogP contribution is 2.47. The number of methoxy groups -OCH3 is 1. The Morgan fingerprint density at radius 1 is 0.952 bits per heavy atom. The normalized spacial score (nSPS) is 14.4. The molecular formula is C13H14F6O2. The van der Waals surface area contributed by atoms with Crippen LogP contribution in [0.1, 0.15) is 22.8 Å². The molecule has 1 N–H and O–H groups in total. The first-order valence-corrected chi connectivity index (χ1v) is 5.86. The number of aliphatic hydroxyl groups excluding tert-OH is 1. The zero-order valence-corrected chi connectivity index (χ0v) is 11.4. The summed E-state index contributed by atoms with van der Waals surface area (Å²) in [6.07, 6.45) is -13.9. The molecule has 1 aromatic carbocycles. The molecule has 1 rings (SSSR count). The van der Waals surface area contributed by atoms with Crippen LogP contribution in [0.4, 0.5) is 26.3 Å². The van der Waals surface area contributed by atoms with Gasteiger partial charge in [0, 0.05) is 0 Å². The first-order chi connectivity index (χ1) is 9.39. The Hall–Kier alpha value is -1.44. The van der Waals surface area contributed by atoms with Gasteiger partial charge in [0.25, 0.3) is 0 Å². The number of benzene rings is 1. The van der Waals surface area contributed by atoms with Crippen molar-refractivity contribution in [2.45, 2.75) is 32.3 Å². The molecule has 1 unspecified atom stereocenters. The van der Waals surface area contributed by atoms with Gasteiger partial charge in [-0.2, -0.15) is 26.3 Å². The van der Waals surface area contributed by atoms with E-state index in [2.05, 4.69) is 0 Å². The molecule has 0 heterocycles. The minimum atomic E-state index is -5.60. The van der Waals surface area contributed by atoms with Crippen molar-refractivity contribution in [3.63, 3.8) is 0 Å². The summed E-state index contributed by atoms with van der Waals surface area (Å²) in [6, 6.07) is 2.11. The lowest BCUT2D eigenvalue weighted by Gasteiger charge is -2.28. The Balaban J connectivity index is 3.32. The molecule has 0 aliphatic carbocycles. The number of ether oxygens (including phenoxy) is 1. The average molecular weight is 316 g/mol. The van der Waals surface area contributed by atoms with Gasteiger partial charge in [-0.15, -0.1) is 0 Å². The summed E-state index contributed by atoms with van der Waals surface area (Å²) in [5.41, 5.74) is 0.231. The number of hydrogen-bond acceptors (Lipinski definition) is 2. The summed E-state index contributed by atoms with van der Waals surface area (Å²) in [5.74, 6) is -3.49. The Bertz CT molecular complexity index is 469. The monoisotopic (exact) mass is 316 g/mol. The Kier molecular flexibility index (Phi) is 4.82. The summed E-state index contributed by atoms with van der Waals surface area (Å²) in [4.78, 5) is 0. The fourth-order valence-corrected chi connectivity index (χ4v) is 2.21. The SMILES string of the molecule is COc1c(C)cc(C(O)C(C(F)(F)F)C(F)(F)F)cc1C. The lowest BCUT2D eigenvalue weighted by molar-refractivity contribution is -0.307. The molecule has 0 saturated carbocycles. The van der Waals surface area contributed by atoms with Crippen LogP contribution < -0.4 is 4.74 Å². The molecule has 0 radical (unpaired) electrons. The van der Waals surface area contributed by atoms with E-state index in [1.165, 1.54) is 21.0 Å². The number of aryl methyl sites for hydroxylation is 2. The molecule has 0 fully saturated rings. The van der Waals surface area contributed by atoms with E-state index in [1.54, 1.807) is 0 Å². The molecule has 0 spiro atoms. The largest absolute Gasteiger partial charge is 0.496 e. The topological polar surface area (TPSA) is 29.5 Å². The highest BCUT2D eigenvalue weighted by atomic mass is 19.4. The van der Waals surface area contributed by atoms with E-state index < -0.39 is 29.9 Å². The highest BCUT2D eigenvalue weighted by molar-refractivity contribution is 5.44. The van der Waals surface area contributed by atoms with Gasteiger partial charge in [0.15, 0.2) is 5.92 Å². The molecule has 0 aromatic heterocycles. The molecule has 1 aromatic rings. The molecule has 8 heteroatoms. The van der Waals surface area contributed by atoms with Gasteiger partial charge in [-0.05, 0) is 42.7 Å². The van der Waals surface area contributed by atoms with Crippen LogP contribution in [0.2, 0.25) is 0 Å². The lowest BCUT2D eigenvalue weighted by Crippen LogP contribution is -2.40. The van der Waals surface area contributed by atoms with E-state index in [4.69, 9.17) is 4.74 Å². The summed E-state index contributed by atoms with van der Waals surface area (Å²) in [5, 5.41) is 9.58.